The van der Waals surface area contributed by atoms with Crippen LogP contribution in [0.1, 0.15) is 73.4 Å². The van der Waals surface area contributed by atoms with Crippen molar-refractivity contribution >= 4 is 11.9 Å². The first kappa shape index (κ1) is 33.3. The predicted octanol–water partition coefficient (Wildman–Crippen LogP) is 5.44. The van der Waals surface area contributed by atoms with Crippen LogP contribution in [0.15, 0.2) is 84.9 Å². The number of aromatic hydroxyl groups is 2. The predicted molar refractivity (Wildman–Crippen MR) is 153 cm³/mol. The summed E-state index contributed by atoms with van der Waals surface area (Å²) in [7, 11) is 0. The van der Waals surface area contributed by atoms with E-state index in [1.54, 1.807) is 0 Å². The van der Waals surface area contributed by atoms with E-state index in [-0.39, 0.29) is 52.9 Å². The van der Waals surface area contributed by atoms with Crippen molar-refractivity contribution in [2.75, 3.05) is 0 Å². The van der Waals surface area contributed by atoms with Gasteiger partial charge in [-0.2, -0.15) is 0 Å². The van der Waals surface area contributed by atoms with Crippen LogP contribution in [-0.4, -0.2) is 22.2 Å². The van der Waals surface area contributed by atoms with Crippen molar-refractivity contribution in [3.63, 3.8) is 0 Å². The van der Waals surface area contributed by atoms with E-state index in [9.17, 15) is 30.0 Å². The van der Waals surface area contributed by atoms with Gasteiger partial charge in [-0.15, -0.1) is 0 Å². The van der Waals surface area contributed by atoms with E-state index in [1.165, 1.54) is 12.1 Å². The fourth-order valence-electron chi connectivity index (χ4n) is 4.32. The van der Waals surface area contributed by atoms with Crippen molar-refractivity contribution in [2.45, 2.75) is 52.4 Å². The first-order chi connectivity index (χ1) is 18.6. The van der Waals surface area contributed by atoms with Crippen LogP contribution in [-0.2, 0) is 30.3 Å². The van der Waals surface area contributed by atoms with Gasteiger partial charge in [0.2, 0.25) is 0 Å². The maximum atomic E-state index is 11.2. The molecule has 0 heterocycles. The monoisotopic (exact) mass is 602 g/mol. The quantitative estimate of drug-likeness (QED) is 0.300. The first-order valence-corrected chi connectivity index (χ1v) is 12.9. The molecule has 0 bridgehead atoms. The molecule has 0 fully saturated rings. The van der Waals surface area contributed by atoms with E-state index < -0.39 is 11.9 Å². The topological polar surface area (TPSA) is 121 Å². The molecule has 0 radical (unpaired) electrons. The molecule has 0 saturated carbocycles. The maximum Gasteiger partial charge on any atom is 2.00 e. The number of benzene rings is 4. The minimum absolute atomic E-state index is 0. The van der Waals surface area contributed by atoms with Crippen LogP contribution in [0, 0.1) is 0 Å². The van der Waals surface area contributed by atoms with E-state index in [4.69, 9.17) is 0 Å². The average Bonchev–Trinajstić information content (AvgIpc) is 2.88. The van der Waals surface area contributed by atoms with Crippen LogP contribution in [0.4, 0.5) is 0 Å². The van der Waals surface area contributed by atoms with Crippen molar-refractivity contribution in [1.29, 1.82) is 0 Å². The number of phenols is 2. The molecule has 7 heteroatoms. The van der Waals surface area contributed by atoms with Gasteiger partial charge in [0.1, 0.15) is 11.5 Å². The van der Waals surface area contributed by atoms with Gasteiger partial charge in [0, 0.05) is 22.3 Å². The minimum Gasteiger partial charge on any atom is -0.545 e. The number of carbonyl (C=O) groups excluding carboxylic acids is 2. The molecular weight excluding hydrogens is 570 g/mol. The van der Waals surface area contributed by atoms with Gasteiger partial charge in [0.15, 0.2) is 0 Å². The summed E-state index contributed by atoms with van der Waals surface area (Å²) in [4.78, 5) is 22.4. The molecule has 4 rings (SSSR count). The zero-order valence-electron chi connectivity index (χ0n) is 24.3. The molecule has 41 heavy (non-hydrogen) atoms. The Morgan fingerprint density at radius 3 is 1.07 bits per heavy atom. The van der Waals surface area contributed by atoms with Crippen LogP contribution in [0.5, 0.6) is 11.5 Å². The summed E-state index contributed by atoms with van der Waals surface area (Å²) < 4.78 is 0. The Balaban J connectivity index is 0.000000280. The van der Waals surface area contributed by atoms with Gasteiger partial charge >= 0.3 is 19.5 Å². The molecule has 0 spiro atoms. The second kappa shape index (κ2) is 13.1. The van der Waals surface area contributed by atoms with E-state index in [1.807, 2.05) is 114 Å². The summed E-state index contributed by atoms with van der Waals surface area (Å²) in [6, 6.07) is 25.5. The standard InChI is InChI=1S/2C17H18O3.Zn/c2*1-17(2,3)14-10-12(11-7-5-4-6-8-11)9-13(15(14)18)16(19)20;/h2*4-10,18H,1-3H3,(H,19,20);/q;;+2/p-2. The van der Waals surface area contributed by atoms with E-state index in [0.717, 1.165) is 22.3 Å². The van der Waals surface area contributed by atoms with Crippen molar-refractivity contribution in [2.24, 2.45) is 0 Å². The van der Waals surface area contributed by atoms with E-state index >= 15 is 0 Å². The SMILES string of the molecule is CC(C)(C)c1cc(-c2ccccc2)cc(C(=O)[O-])c1O.CC(C)(C)c1cc(-c2ccccc2)cc(C(=O)[O-])c1O.[Zn+2]. The first-order valence-electron chi connectivity index (χ1n) is 12.9. The Labute approximate surface area is 254 Å². The van der Waals surface area contributed by atoms with Gasteiger partial charge in [-0.25, -0.2) is 0 Å². The van der Waals surface area contributed by atoms with Gasteiger partial charge < -0.3 is 30.0 Å². The molecule has 0 atom stereocenters. The number of hydrogen-bond acceptors (Lipinski definition) is 6. The van der Waals surface area contributed by atoms with Crippen LogP contribution in [0.25, 0.3) is 22.3 Å². The second-order valence-electron chi connectivity index (χ2n) is 11.6. The number of hydrogen-bond donors (Lipinski definition) is 2. The van der Waals surface area contributed by atoms with Crippen LogP contribution >= 0.6 is 0 Å². The fourth-order valence-corrected chi connectivity index (χ4v) is 4.32. The smallest absolute Gasteiger partial charge is 0.545 e. The fraction of sp³-hybridized carbons (Fsp3) is 0.235. The molecule has 0 aliphatic heterocycles. The summed E-state index contributed by atoms with van der Waals surface area (Å²) >= 11 is 0. The van der Waals surface area contributed by atoms with Crippen molar-refractivity contribution in [3.05, 3.63) is 107 Å². The number of rotatable bonds is 4. The van der Waals surface area contributed by atoms with Gasteiger partial charge in [-0.05, 0) is 57.3 Å². The van der Waals surface area contributed by atoms with Crippen LogP contribution < -0.4 is 10.2 Å². The Morgan fingerprint density at radius 1 is 0.537 bits per heavy atom. The number of carboxylic acids is 2. The average molecular weight is 604 g/mol. The third-order valence-corrected chi connectivity index (χ3v) is 6.49. The maximum absolute atomic E-state index is 11.2. The summed E-state index contributed by atoms with van der Waals surface area (Å²) in [5, 5.41) is 42.7. The largest absolute Gasteiger partial charge is 2.00 e. The number of aromatic carboxylic acids is 2. The Kier molecular flexibility index (Phi) is 10.7. The van der Waals surface area contributed by atoms with Gasteiger partial charge in [0.25, 0.3) is 0 Å². The molecular formula is C34H34O6Zn. The molecule has 208 valence electrons. The second-order valence-corrected chi connectivity index (χ2v) is 11.6. The van der Waals surface area contributed by atoms with Crippen molar-refractivity contribution < 1.29 is 49.5 Å². The third kappa shape index (κ3) is 8.05. The summed E-state index contributed by atoms with van der Waals surface area (Å²) in [5.41, 5.74) is 3.45. The molecule has 0 aliphatic carbocycles. The molecule has 4 aromatic rings. The molecule has 2 N–H and O–H groups in total. The zero-order chi connectivity index (χ0) is 29.8. The van der Waals surface area contributed by atoms with Crippen LogP contribution in [0.2, 0.25) is 0 Å². The molecule has 0 unspecified atom stereocenters. The van der Waals surface area contributed by atoms with Crippen molar-refractivity contribution in [3.8, 4) is 33.8 Å². The number of carbonyl (C=O) groups is 2. The Morgan fingerprint density at radius 2 is 0.829 bits per heavy atom. The molecule has 4 aromatic carbocycles. The van der Waals surface area contributed by atoms with Gasteiger partial charge in [-0.3, -0.25) is 0 Å². The molecule has 0 amide bonds. The Bertz CT molecular complexity index is 1400. The number of carboxylic acid groups (broad SMARTS) is 2. The normalized spacial score (nSPS) is 11.1. The minimum atomic E-state index is -1.37. The summed E-state index contributed by atoms with van der Waals surface area (Å²) in [6.07, 6.45) is 0. The summed E-state index contributed by atoms with van der Waals surface area (Å²) in [5.74, 6) is -3.16. The Hall–Kier alpha value is -3.96. The third-order valence-electron chi connectivity index (χ3n) is 6.49. The zero-order valence-corrected chi connectivity index (χ0v) is 27.3. The molecule has 0 aliphatic rings. The van der Waals surface area contributed by atoms with Gasteiger partial charge in [-0.1, -0.05) is 102 Å². The van der Waals surface area contributed by atoms with E-state index in [0.29, 0.717) is 11.1 Å². The molecule has 0 aromatic heterocycles. The van der Waals surface area contributed by atoms with E-state index in [2.05, 4.69) is 0 Å². The van der Waals surface area contributed by atoms with Crippen molar-refractivity contribution in [1.82, 2.24) is 0 Å². The molecule has 6 nitrogen and oxygen atoms in total. The van der Waals surface area contributed by atoms with Gasteiger partial charge in [0.05, 0.1) is 11.9 Å². The summed E-state index contributed by atoms with van der Waals surface area (Å²) in [6.45, 7) is 11.6. The molecule has 0 saturated heterocycles. The van der Waals surface area contributed by atoms with Crippen LogP contribution in [0.3, 0.4) is 0 Å².